The van der Waals surface area contributed by atoms with Crippen LogP contribution in [0.3, 0.4) is 0 Å². The number of hydrogen-bond acceptors (Lipinski definition) is 5. The molecule has 0 unspecified atom stereocenters. The number of amides is 1. The minimum atomic E-state index is -0.657. The van der Waals surface area contributed by atoms with Gasteiger partial charge in [0.25, 0.3) is 0 Å². The van der Waals surface area contributed by atoms with E-state index in [1.54, 1.807) is 0 Å². The molecule has 1 amide bonds. The molecule has 0 aromatic carbocycles. The third-order valence-electron chi connectivity index (χ3n) is 1.21. The second-order valence-electron chi connectivity index (χ2n) is 2.36. The average Bonchev–Trinajstić information content (AvgIpc) is 2.52. The van der Waals surface area contributed by atoms with Crippen molar-refractivity contribution in [2.45, 2.75) is 6.92 Å². The number of nitrogens with zero attached hydrogens (tertiary/aromatic N) is 2. The van der Waals surface area contributed by atoms with E-state index in [2.05, 4.69) is 10.5 Å². The van der Waals surface area contributed by atoms with Gasteiger partial charge in [-0.15, -0.1) is 0 Å². The van der Waals surface area contributed by atoms with E-state index in [0.29, 0.717) is 0 Å². The van der Waals surface area contributed by atoms with E-state index in [9.17, 15) is 14.9 Å². The Kier molecular flexibility index (Phi) is 2.95. The molecule has 0 saturated heterocycles. The zero-order valence-corrected chi connectivity index (χ0v) is 7.26. The van der Waals surface area contributed by atoms with Crippen molar-refractivity contribution in [3.63, 3.8) is 0 Å². The Morgan fingerprint density at radius 3 is 2.93 bits per heavy atom. The Morgan fingerprint density at radius 2 is 2.43 bits per heavy atom. The van der Waals surface area contributed by atoms with Gasteiger partial charge in [-0.3, -0.25) is 14.9 Å². The van der Waals surface area contributed by atoms with E-state index in [1.807, 2.05) is 0 Å². The fraction of sp³-hybridized carbons (Fsp3) is 0.143. The summed E-state index contributed by atoms with van der Waals surface area (Å²) in [7, 11) is 0. The summed E-state index contributed by atoms with van der Waals surface area (Å²) in [6, 6.07) is 2.58. The van der Waals surface area contributed by atoms with Crippen molar-refractivity contribution in [2.75, 3.05) is 0 Å². The molecule has 0 bridgehead atoms. The summed E-state index contributed by atoms with van der Waals surface area (Å²) in [6.45, 7) is 1.29. The van der Waals surface area contributed by atoms with Gasteiger partial charge in [0.05, 0.1) is 12.3 Å². The van der Waals surface area contributed by atoms with Crippen molar-refractivity contribution in [1.82, 2.24) is 5.43 Å². The maximum atomic E-state index is 10.4. The van der Waals surface area contributed by atoms with E-state index in [0.717, 1.165) is 0 Å². The number of hydrazone groups is 1. The Bertz CT molecular complexity index is 382. The highest BCUT2D eigenvalue weighted by Gasteiger charge is 2.09. The Hall–Kier alpha value is -2.18. The minimum absolute atomic E-state index is 0.199. The second kappa shape index (κ2) is 4.17. The molecule has 1 aromatic rings. The lowest BCUT2D eigenvalue weighted by Crippen LogP contribution is -2.12. The largest absolute Gasteiger partial charge is 0.433 e. The highest BCUT2D eigenvalue weighted by Crippen LogP contribution is 2.13. The smallest absolute Gasteiger partial charge is 0.400 e. The summed E-state index contributed by atoms with van der Waals surface area (Å²) < 4.78 is 4.73. The Morgan fingerprint density at radius 1 is 1.71 bits per heavy atom. The Labute approximate surface area is 78.6 Å². The molecule has 0 atom stereocenters. The molecule has 0 spiro atoms. The summed E-state index contributed by atoms with van der Waals surface area (Å²) in [5.41, 5.74) is 2.13. The van der Waals surface area contributed by atoms with Gasteiger partial charge in [-0.05, 0) is 6.07 Å². The number of hydrogen-bond donors (Lipinski definition) is 1. The van der Waals surface area contributed by atoms with Gasteiger partial charge in [-0.25, -0.2) is 5.43 Å². The lowest BCUT2D eigenvalue weighted by molar-refractivity contribution is -0.402. The number of carbonyl (C=O) groups excluding carboxylic acids is 1. The second-order valence-corrected chi connectivity index (χ2v) is 2.36. The molecule has 0 aliphatic carbocycles. The predicted octanol–water partition coefficient (Wildman–Crippen LogP) is 0.658. The van der Waals surface area contributed by atoms with Gasteiger partial charge in [0.15, 0.2) is 5.76 Å². The topological polar surface area (TPSA) is 97.7 Å². The first-order valence-corrected chi connectivity index (χ1v) is 3.63. The quantitative estimate of drug-likeness (QED) is 0.437. The van der Waals surface area contributed by atoms with Gasteiger partial charge >= 0.3 is 5.88 Å². The molecule has 1 heterocycles. The minimum Gasteiger partial charge on any atom is -0.400 e. The zero-order chi connectivity index (χ0) is 10.6. The normalized spacial score (nSPS) is 10.4. The molecule has 1 N–H and O–H groups in total. The molecule has 0 fully saturated rings. The van der Waals surface area contributed by atoms with Crippen molar-refractivity contribution in [1.29, 1.82) is 0 Å². The molecule has 14 heavy (non-hydrogen) atoms. The molecule has 0 aliphatic heterocycles. The van der Waals surface area contributed by atoms with Crippen LogP contribution in [0.25, 0.3) is 0 Å². The number of furan rings is 1. The van der Waals surface area contributed by atoms with Crippen LogP contribution >= 0.6 is 0 Å². The summed E-state index contributed by atoms with van der Waals surface area (Å²) in [5.74, 6) is -0.498. The van der Waals surface area contributed by atoms with Gasteiger partial charge < -0.3 is 4.42 Å². The van der Waals surface area contributed by atoms with E-state index >= 15 is 0 Å². The molecule has 1 aromatic heterocycles. The molecular weight excluding hydrogens is 190 g/mol. The molecule has 7 heteroatoms. The summed E-state index contributed by atoms with van der Waals surface area (Å²) >= 11 is 0. The van der Waals surface area contributed by atoms with Crippen LogP contribution in [-0.2, 0) is 4.79 Å². The van der Waals surface area contributed by atoms with Crippen molar-refractivity contribution >= 4 is 18.0 Å². The zero-order valence-electron chi connectivity index (χ0n) is 7.26. The summed E-state index contributed by atoms with van der Waals surface area (Å²) in [4.78, 5) is 19.9. The molecule has 0 aliphatic rings. The maximum absolute atomic E-state index is 10.4. The van der Waals surface area contributed by atoms with Crippen molar-refractivity contribution in [3.05, 3.63) is 28.0 Å². The fourth-order valence-corrected chi connectivity index (χ4v) is 0.697. The molecule has 74 valence electrons. The number of nitro groups is 1. The van der Waals surface area contributed by atoms with Crippen LogP contribution in [0.5, 0.6) is 0 Å². The first kappa shape index (κ1) is 9.90. The monoisotopic (exact) mass is 197 g/mol. The lowest BCUT2D eigenvalue weighted by atomic mass is 10.5. The van der Waals surface area contributed by atoms with E-state index in [4.69, 9.17) is 4.42 Å². The van der Waals surface area contributed by atoms with Gasteiger partial charge in [-0.1, -0.05) is 0 Å². The average molecular weight is 197 g/mol. The molecule has 0 saturated carbocycles. The molecule has 1 rings (SSSR count). The van der Waals surface area contributed by atoms with Crippen LogP contribution < -0.4 is 5.43 Å². The highest BCUT2D eigenvalue weighted by molar-refractivity contribution is 5.79. The third-order valence-corrected chi connectivity index (χ3v) is 1.21. The van der Waals surface area contributed by atoms with E-state index in [-0.39, 0.29) is 17.6 Å². The standard InChI is InChI=1S/C7H7N3O4/c1-5(11)9-8-4-6-2-3-7(14-6)10(12)13/h2-4H,1H3,(H,9,11)/b8-4+. The van der Waals surface area contributed by atoms with Crippen molar-refractivity contribution in [3.8, 4) is 0 Å². The molecular formula is C7H7N3O4. The van der Waals surface area contributed by atoms with Gasteiger partial charge in [0, 0.05) is 6.92 Å². The van der Waals surface area contributed by atoms with Crippen LogP contribution in [0.4, 0.5) is 5.88 Å². The van der Waals surface area contributed by atoms with E-state index in [1.165, 1.54) is 25.3 Å². The SMILES string of the molecule is CC(=O)N/N=C/c1ccc([N+](=O)[O-])o1. The Balaban J connectivity index is 2.64. The number of rotatable bonds is 3. The van der Waals surface area contributed by atoms with Crippen LogP contribution in [0.15, 0.2) is 21.7 Å². The lowest BCUT2D eigenvalue weighted by Gasteiger charge is -1.88. The number of nitrogens with one attached hydrogen (secondary N) is 1. The maximum Gasteiger partial charge on any atom is 0.433 e. The molecule has 7 nitrogen and oxygen atoms in total. The first-order valence-electron chi connectivity index (χ1n) is 3.63. The predicted molar refractivity (Wildman–Crippen MR) is 46.8 cm³/mol. The molecule has 0 radical (unpaired) electrons. The van der Waals surface area contributed by atoms with Crippen LogP contribution in [-0.4, -0.2) is 17.0 Å². The highest BCUT2D eigenvalue weighted by atomic mass is 16.6. The van der Waals surface area contributed by atoms with Gasteiger partial charge in [-0.2, -0.15) is 5.10 Å². The van der Waals surface area contributed by atoms with Gasteiger partial charge in [0.2, 0.25) is 5.91 Å². The van der Waals surface area contributed by atoms with Gasteiger partial charge in [0.1, 0.15) is 4.92 Å². The fourth-order valence-electron chi connectivity index (χ4n) is 0.697. The van der Waals surface area contributed by atoms with Crippen molar-refractivity contribution < 1.29 is 14.1 Å². The summed E-state index contributed by atoms with van der Waals surface area (Å²) in [5, 5.41) is 13.7. The van der Waals surface area contributed by atoms with Crippen molar-refractivity contribution in [2.24, 2.45) is 5.10 Å². The number of carbonyl (C=O) groups is 1. The summed E-state index contributed by atoms with van der Waals surface area (Å²) in [6.07, 6.45) is 1.17. The first-order chi connectivity index (χ1) is 6.59. The van der Waals surface area contributed by atoms with Crippen LogP contribution in [0.1, 0.15) is 12.7 Å². The van der Waals surface area contributed by atoms with Crippen LogP contribution in [0.2, 0.25) is 0 Å². The third kappa shape index (κ3) is 2.70. The van der Waals surface area contributed by atoms with E-state index < -0.39 is 4.92 Å². The van der Waals surface area contributed by atoms with Crippen LogP contribution in [0, 0.1) is 10.1 Å².